The average Bonchev–Trinajstić information content (AvgIpc) is 4.13. The summed E-state index contributed by atoms with van der Waals surface area (Å²) in [6, 6.07) is 31.1. The third-order valence-electron chi connectivity index (χ3n) is 11.1. The normalized spacial score (nSPS) is 13.4. The molecule has 65 heavy (non-hydrogen) atoms. The van der Waals surface area contributed by atoms with E-state index >= 15 is 0 Å². The zero-order chi connectivity index (χ0) is 45.3. The zero-order valence-corrected chi connectivity index (χ0v) is 36.2. The predicted octanol–water partition coefficient (Wildman–Crippen LogP) is 8.52. The number of hydrogen-bond donors (Lipinski definition) is 4. The number of fused-ring (bicyclic) bond motifs is 12. The van der Waals surface area contributed by atoms with Crippen LogP contribution in [-0.4, -0.2) is 72.3 Å². The summed E-state index contributed by atoms with van der Waals surface area (Å²) in [5, 5.41) is 23.9. The molecule has 0 aliphatic heterocycles. The van der Waals surface area contributed by atoms with Crippen molar-refractivity contribution in [2.24, 2.45) is 10.2 Å². The quantitative estimate of drug-likeness (QED) is 0.0224. The molecule has 4 heterocycles. The van der Waals surface area contributed by atoms with Gasteiger partial charge >= 0.3 is 0 Å². The highest BCUT2D eigenvalue weighted by molar-refractivity contribution is 7.94. The van der Waals surface area contributed by atoms with Gasteiger partial charge in [-0.25, -0.2) is 5.26 Å². The van der Waals surface area contributed by atoms with Crippen molar-refractivity contribution in [3.05, 3.63) is 132 Å². The molecule has 0 aliphatic carbocycles. The Morgan fingerprint density at radius 2 is 1.14 bits per heavy atom. The van der Waals surface area contributed by atoms with E-state index in [9.17, 15) is 38.9 Å². The van der Waals surface area contributed by atoms with Crippen LogP contribution in [0.2, 0.25) is 0 Å². The summed E-state index contributed by atoms with van der Waals surface area (Å²) in [5.41, 5.74) is 6.02. The summed E-state index contributed by atoms with van der Waals surface area (Å²) in [4.78, 5) is 3.13. The van der Waals surface area contributed by atoms with Crippen LogP contribution in [0.15, 0.2) is 145 Å². The van der Waals surface area contributed by atoms with Gasteiger partial charge in [0, 0.05) is 15.7 Å². The number of aryl methyl sites for hydroxylation is 1. The minimum absolute atomic E-state index is 0.00338. The van der Waals surface area contributed by atoms with Crippen molar-refractivity contribution in [3.8, 4) is 11.4 Å². The van der Waals surface area contributed by atoms with Crippen LogP contribution in [0.25, 0.3) is 67.1 Å². The highest BCUT2D eigenvalue weighted by atomic mass is 32.2. The molecule has 0 amide bonds. The Bertz CT molecular complexity index is 4170. The molecule has 328 valence electrons. The third-order valence-corrected chi connectivity index (χ3v) is 14.3. The second-order valence-corrected chi connectivity index (χ2v) is 19.9. The van der Waals surface area contributed by atoms with Crippen LogP contribution in [0.5, 0.6) is 0 Å². The lowest BCUT2D eigenvalue weighted by Gasteiger charge is -2.07. The van der Waals surface area contributed by atoms with Crippen LogP contribution in [0.1, 0.15) is 16.7 Å². The SMILES string of the molecule is Cc1cc(-n2n3c4ccc5cc(S(=O)(=O)O)ccc5c4n23)ccc1N=Nc1ccc(C=Cc2ccc(-n3n4c5ccc6cc(SOOO)ccc6c5n34)cc2S(=O)(=O)O)c(S(=O)(=O)O)c1. The minimum Gasteiger partial charge on any atom is -0.282 e. The van der Waals surface area contributed by atoms with Crippen molar-refractivity contribution in [2.45, 2.75) is 26.5 Å². The Labute approximate surface area is 369 Å². The number of azo groups is 1. The molecule has 0 atom stereocenters. The first kappa shape index (κ1) is 40.9. The molecule has 0 unspecified atom stereocenters. The maximum absolute atomic E-state index is 12.7. The van der Waals surface area contributed by atoms with Gasteiger partial charge in [0.2, 0.25) is 0 Å². The molecule has 0 radical (unpaired) electrons. The highest BCUT2D eigenvalue weighted by Gasteiger charge is 2.29. The van der Waals surface area contributed by atoms with E-state index in [0.29, 0.717) is 21.7 Å². The molecule has 11 rings (SSSR count). The smallest absolute Gasteiger partial charge is 0.282 e. The van der Waals surface area contributed by atoms with Gasteiger partial charge in [-0.3, -0.25) is 13.7 Å². The Kier molecular flexibility index (Phi) is 9.02. The summed E-state index contributed by atoms with van der Waals surface area (Å²) in [7, 11) is -14.0. The van der Waals surface area contributed by atoms with Crippen LogP contribution < -0.4 is 0 Å². The Morgan fingerprint density at radius 3 is 1.74 bits per heavy atom. The van der Waals surface area contributed by atoms with Crippen LogP contribution in [0, 0.1) is 6.92 Å². The van der Waals surface area contributed by atoms with Gasteiger partial charge in [0.1, 0.15) is 31.9 Å². The second-order valence-electron chi connectivity index (χ2n) is 15.0. The van der Waals surface area contributed by atoms with Crippen molar-refractivity contribution < 1.29 is 53.5 Å². The van der Waals surface area contributed by atoms with Gasteiger partial charge in [0.15, 0.2) is 0 Å². The van der Waals surface area contributed by atoms with Gasteiger partial charge in [-0.1, -0.05) is 53.6 Å². The van der Waals surface area contributed by atoms with Crippen molar-refractivity contribution in [3.63, 3.8) is 0 Å². The van der Waals surface area contributed by atoms with Crippen molar-refractivity contribution in [1.29, 1.82) is 0 Å². The molecular formula is C41H28N8O12S4. The molecule has 24 heteroatoms. The first-order valence-electron chi connectivity index (χ1n) is 19.0. The fourth-order valence-electron chi connectivity index (χ4n) is 8.08. The van der Waals surface area contributed by atoms with Gasteiger partial charge in [0.25, 0.3) is 30.4 Å². The molecule has 0 bridgehead atoms. The second kappa shape index (κ2) is 14.3. The number of nitrogens with zero attached hydrogens (tertiary/aromatic N) is 8. The fraction of sp³-hybridized carbons (Fsp3) is 0.0244. The first-order chi connectivity index (χ1) is 31.0. The molecule has 20 nitrogen and oxygen atoms in total. The third kappa shape index (κ3) is 6.78. The Hall–Kier alpha value is -6.84. The molecule has 7 aromatic carbocycles. The van der Waals surface area contributed by atoms with Gasteiger partial charge in [-0.2, -0.15) is 45.1 Å². The number of benzene rings is 7. The monoisotopic (exact) mass is 952 g/mol. The topological polar surface area (TPSA) is 254 Å². The van der Waals surface area contributed by atoms with E-state index in [4.69, 9.17) is 5.26 Å². The number of rotatable bonds is 12. The minimum atomic E-state index is -4.83. The summed E-state index contributed by atoms with van der Waals surface area (Å²) in [6.07, 6.45) is 2.60. The summed E-state index contributed by atoms with van der Waals surface area (Å²) in [6.45, 7) is 1.82. The van der Waals surface area contributed by atoms with Gasteiger partial charge in [0.05, 0.1) is 39.7 Å². The number of hydrogen-bond acceptors (Lipinski definition) is 12. The standard InChI is InChI=1S/C41H28N8O12S4/c1-23-18-29(44-46-37-17-7-27-20-32(63(51,52)53)12-14-34(27)41(37)48(44)46)10-15-35(23)43-42-28-8-4-24(38(21-28)64(54,55)56)2-3-25-5-9-30(22-39(25)65(57,58)59)45-47-36-16-6-26-19-31(62-61-60-50)11-13-33(26)40(36)49(45)47/h2-22,50H,1H3,(H,51,52,53)(H,54,55,56)(H,57,58,59). The molecule has 4 N–H and O–H groups in total. The van der Waals surface area contributed by atoms with Crippen LogP contribution in [-0.2, 0) is 39.7 Å². The first-order valence-corrected chi connectivity index (χ1v) is 24.1. The zero-order valence-electron chi connectivity index (χ0n) is 32.9. The maximum Gasteiger partial charge on any atom is 0.295 e. The van der Waals surface area contributed by atoms with Crippen molar-refractivity contribution in [2.75, 3.05) is 0 Å². The van der Waals surface area contributed by atoms with E-state index in [0.717, 1.165) is 67.6 Å². The van der Waals surface area contributed by atoms with E-state index in [2.05, 4.69) is 19.6 Å². The molecule has 4 aromatic heterocycles. The van der Waals surface area contributed by atoms with Gasteiger partial charge in [-0.05, 0) is 113 Å². The molecule has 0 aliphatic rings. The lowest BCUT2D eigenvalue weighted by molar-refractivity contribution is -0.432. The summed E-state index contributed by atoms with van der Waals surface area (Å²) >= 11 is 0.828. The molecule has 0 saturated carbocycles. The average molecular weight is 953 g/mol. The Morgan fingerprint density at radius 1 is 0.569 bits per heavy atom. The largest absolute Gasteiger partial charge is 0.295 e. The molecule has 0 saturated heterocycles. The lowest BCUT2D eigenvalue weighted by Crippen LogP contribution is -2.03. The fourth-order valence-corrected chi connectivity index (χ4v) is 10.4. The van der Waals surface area contributed by atoms with Crippen LogP contribution >= 0.6 is 12.0 Å². The Balaban J connectivity index is 0.851. The van der Waals surface area contributed by atoms with Gasteiger partial charge in [-0.15, -0.1) is 22.9 Å². The van der Waals surface area contributed by atoms with Crippen LogP contribution in [0.4, 0.5) is 11.4 Å². The van der Waals surface area contributed by atoms with E-state index in [1.807, 2.05) is 68.1 Å². The lowest BCUT2D eigenvalue weighted by atomic mass is 10.1. The number of aromatic nitrogens is 6. The maximum atomic E-state index is 12.7. The molecular weight excluding hydrogens is 925 g/mol. The van der Waals surface area contributed by atoms with E-state index in [-0.39, 0.29) is 21.7 Å². The van der Waals surface area contributed by atoms with E-state index in [1.54, 1.807) is 39.8 Å². The van der Waals surface area contributed by atoms with Crippen molar-refractivity contribution in [1.82, 2.24) is 28.1 Å². The van der Waals surface area contributed by atoms with Crippen molar-refractivity contribution >= 4 is 110 Å². The summed E-state index contributed by atoms with van der Waals surface area (Å²) in [5.74, 6) is 0. The summed E-state index contributed by atoms with van der Waals surface area (Å²) < 4.78 is 116. The van der Waals surface area contributed by atoms with Gasteiger partial charge < -0.3 is 0 Å². The molecule has 0 fully saturated rings. The highest BCUT2D eigenvalue weighted by Crippen LogP contribution is 2.37. The predicted molar refractivity (Wildman–Crippen MR) is 237 cm³/mol. The van der Waals surface area contributed by atoms with E-state index in [1.165, 1.54) is 48.6 Å². The molecule has 0 spiro atoms. The van der Waals surface area contributed by atoms with Crippen LogP contribution in [0.3, 0.4) is 0 Å². The molecule has 11 aromatic rings. The van der Waals surface area contributed by atoms with E-state index < -0.39 is 40.1 Å².